The lowest BCUT2D eigenvalue weighted by Crippen LogP contribution is -2.01. The monoisotopic (exact) mass is 439 g/mol. The van der Waals surface area contributed by atoms with Crippen LogP contribution >= 0.6 is 15.9 Å². The number of benzene rings is 2. The Labute approximate surface area is 171 Å². The minimum Gasteiger partial charge on any atom is -0.496 e. The number of aromatic nitrogens is 1. The smallest absolute Gasteiger partial charge is 0.164 e. The van der Waals surface area contributed by atoms with Crippen LogP contribution in [0, 0.1) is 11.3 Å². The summed E-state index contributed by atoms with van der Waals surface area (Å²) in [6.45, 7) is 0. The van der Waals surface area contributed by atoms with Gasteiger partial charge in [0.15, 0.2) is 11.5 Å². The Bertz CT molecular complexity index is 1060. The average Bonchev–Trinajstić information content (AvgIpc) is 2.72. The van der Waals surface area contributed by atoms with E-state index in [-0.39, 0.29) is 11.4 Å². The number of rotatable bonds is 5. The van der Waals surface area contributed by atoms with Crippen molar-refractivity contribution in [1.29, 1.82) is 5.26 Å². The summed E-state index contributed by atoms with van der Waals surface area (Å²) in [5.41, 5.74) is 9.17. The van der Waals surface area contributed by atoms with Crippen molar-refractivity contribution in [3.05, 3.63) is 52.5 Å². The molecule has 0 radical (unpaired) electrons. The van der Waals surface area contributed by atoms with Gasteiger partial charge in [-0.3, -0.25) is 0 Å². The number of anilines is 1. The van der Waals surface area contributed by atoms with Crippen LogP contribution in [0.3, 0.4) is 0 Å². The number of nitrogens with two attached hydrogens (primary N) is 1. The summed E-state index contributed by atoms with van der Waals surface area (Å²) in [4.78, 5) is 4.41. The number of pyridine rings is 1. The highest BCUT2D eigenvalue weighted by molar-refractivity contribution is 9.10. The number of halogens is 1. The van der Waals surface area contributed by atoms with E-state index in [0.717, 1.165) is 10.0 Å². The van der Waals surface area contributed by atoms with Gasteiger partial charge in [-0.05, 0) is 24.3 Å². The van der Waals surface area contributed by atoms with Crippen LogP contribution in [0.25, 0.3) is 22.4 Å². The Morgan fingerprint density at radius 3 is 2.07 bits per heavy atom. The molecule has 6 nitrogen and oxygen atoms in total. The molecule has 0 aliphatic carbocycles. The van der Waals surface area contributed by atoms with Gasteiger partial charge < -0.3 is 19.9 Å². The number of methoxy groups -OCH3 is 3. The Balaban J connectivity index is 2.29. The summed E-state index contributed by atoms with van der Waals surface area (Å²) in [5, 5.41) is 9.68. The molecule has 28 heavy (non-hydrogen) atoms. The van der Waals surface area contributed by atoms with Gasteiger partial charge in [-0.25, -0.2) is 4.98 Å². The standard InChI is InChI=1S/C21H18BrN3O3/c1-26-18-10-20(28-3)19(27-2)9-15(18)14-8-17(25-21(24)16(14)11-23)12-4-6-13(22)7-5-12/h4-10H,1-3H3,(H2,24,25). The number of nitrogens with zero attached hydrogens (tertiary/aromatic N) is 2. The van der Waals surface area contributed by atoms with Gasteiger partial charge in [0.05, 0.1) is 27.0 Å². The van der Waals surface area contributed by atoms with E-state index in [1.165, 1.54) is 0 Å². The Hall–Kier alpha value is -3.24. The van der Waals surface area contributed by atoms with E-state index in [1.807, 2.05) is 30.3 Å². The second kappa shape index (κ2) is 8.19. The molecule has 2 N–H and O–H groups in total. The molecule has 0 unspecified atom stereocenters. The van der Waals surface area contributed by atoms with Crippen molar-refractivity contribution in [1.82, 2.24) is 4.98 Å². The number of nitrogen functional groups attached to an aromatic ring is 1. The molecule has 0 amide bonds. The molecule has 0 aliphatic rings. The van der Waals surface area contributed by atoms with Crippen LogP contribution in [0.15, 0.2) is 46.9 Å². The molecule has 142 valence electrons. The van der Waals surface area contributed by atoms with Crippen molar-refractivity contribution >= 4 is 21.7 Å². The average molecular weight is 440 g/mol. The van der Waals surface area contributed by atoms with Crippen LogP contribution in [0.5, 0.6) is 17.2 Å². The molecule has 0 atom stereocenters. The molecule has 3 aromatic rings. The second-order valence-electron chi connectivity index (χ2n) is 5.84. The first-order valence-electron chi connectivity index (χ1n) is 8.29. The third-order valence-electron chi connectivity index (χ3n) is 4.30. The summed E-state index contributed by atoms with van der Waals surface area (Å²) in [6, 6.07) is 15.1. The van der Waals surface area contributed by atoms with E-state index in [0.29, 0.717) is 34.1 Å². The van der Waals surface area contributed by atoms with E-state index < -0.39 is 0 Å². The summed E-state index contributed by atoms with van der Waals surface area (Å²) in [6.07, 6.45) is 0. The predicted molar refractivity (Wildman–Crippen MR) is 112 cm³/mol. The highest BCUT2D eigenvalue weighted by Gasteiger charge is 2.19. The molecule has 7 heteroatoms. The van der Waals surface area contributed by atoms with E-state index in [4.69, 9.17) is 19.9 Å². The number of hydrogen-bond acceptors (Lipinski definition) is 6. The Kier molecular flexibility index (Phi) is 5.71. The molecule has 1 aromatic heterocycles. The fourth-order valence-corrected chi connectivity index (χ4v) is 3.17. The molecule has 0 spiro atoms. The van der Waals surface area contributed by atoms with Gasteiger partial charge in [0.2, 0.25) is 0 Å². The number of hydrogen-bond donors (Lipinski definition) is 1. The van der Waals surface area contributed by atoms with Crippen molar-refractivity contribution < 1.29 is 14.2 Å². The molecule has 1 heterocycles. The molecule has 0 saturated carbocycles. The summed E-state index contributed by atoms with van der Waals surface area (Å²) in [5.74, 6) is 1.72. The van der Waals surface area contributed by atoms with Crippen LogP contribution in [0.2, 0.25) is 0 Å². The van der Waals surface area contributed by atoms with E-state index in [1.54, 1.807) is 33.5 Å². The van der Waals surface area contributed by atoms with Gasteiger partial charge in [0.25, 0.3) is 0 Å². The third kappa shape index (κ3) is 3.59. The van der Waals surface area contributed by atoms with Crippen molar-refractivity contribution in [3.63, 3.8) is 0 Å². The normalized spacial score (nSPS) is 10.2. The zero-order valence-corrected chi connectivity index (χ0v) is 17.2. The quantitative estimate of drug-likeness (QED) is 0.621. The molecule has 3 rings (SSSR count). The van der Waals surface area contributed by atoms with E-state index in [2.05, 4.69) is 27.0 Å². The van der Waals surface area contributed by atoms with E-state index in [9.17, 15) is 5.26 Å². The molecule has 0 bridgehead atoms. The molecule has 0 aliphatic heterocycles. The molecule has 2 aromatic carbocycles. The highest BCUT2D eigenvalue weighted by Crippen LogP contribution is 2.42. The fraction of sp³-hybridized carbons (Fsp3) is 0.143. The second-order valence-corrected chi connectivity index (χ2v) is 6.76. The van der Waals surface area contributed by atoms with Crippen LogP contribution in [-0.2, 0) is 0 Å². The van der Waals surface area contributed by atoms with Crippen LogP contribution in [-0.4, -0.2) is 26.3 Å². The predicted octanol–water partition coefficient (Wildman–Crippen LogP) is 4.66. The summed E-state index contributed by atoms with van der Waals surface area (Å²) in [7, 11) is 4.65. The van der Waals surface area contributed by atoms with Crippen molar-refractivity contribution in [2.75, 3.05) is 27.1 Å². The summed E-state index contributed by atoms with van der Waals surface area (Å²) < 4.78 is 17.2. The Morgan fingerprint density at radius 2 is 1.50 bits per heavy atom. The lowest BCUT2D eigenvalue weighted by atomic mass is 9.97. The lowest BCUT2D eigenvalue weighted by molar-refractivity contribution is 0.349. The van der Waals surface area contributed by atoms with Gasteiger partial charge in [0, 0.05) is 27.2 Å². The molecular formula is C21H18BrN3O3. The first kappa shape index (κ1) is 19.5. The highest BCUT2D eigenvalue weighted by atomic mass is 79.9. The lowest BCUT2D eigenvalue weighted by Gasteiger charge is -2.16. The fourth-order valence-electron chi connectivity index (χ4n) is 2.90. The zero-order chi connectivity index (χ0) is 20.3. The number of ether oxygens (including phenoxy) is 3. The van der Waals surface area contributed by atoms with Gasteiger partial charge in [-0.15, -0.1) is 0 Å². The minimum absolute atomic E-state index is 0.148. The first-order chi connectivity index (χ1) is 13.5. The molecule has 0 saturated heterocycles. The van der Waals surface area contributed by atoms with Crippen LogP contribution in [0.4, 0.5) is 5.82 Å². The van der Waals surface area contributed by atoms with Gasteiger partial charge in [0.1, 0.15) is 23.2 Å². The van der Waals surface area contributed by atoms with Crippen molar-refractivity contribution in [2.45, 2.75) is 0 Å². The molecular weight excluding hydrogens is 422 g/mol. The summed E-state index contributed by atoms with van der Waals surface area (Å²) >= 11 is 3.42. The van der Waals surface area contributed by atoms with Crippen molar-refractivity contribution in [2.24, 2.45) is 0 Å². The zero-order valence-electron chi connectivity index (χ0n) is 15.6. The third-order valence-corrected chi connectivity index (χ3v) is 4.82. The van der Waals surface area contributed by atoms with Gasteiger partial charge >= 0.3 is 0 Å². The van der Waals surface area contributed by atoms with Gasteiger partial charge in [-0.2, -0.15) is 5.26 Å². The van der Waals surface area contributed by atoms with Crippen LogP contribution in [0.1, 0.15) is 5.56 Å². The van der Waals surface area contributed by atoms with Crippen molar-refractivity contribution in [3.8, 4) is 45.7 Å². The van der Waals surface area contributed by atoms with Crippen LogP contribution < -0.4 is 19.9 Å². The largest absolute Gasteiger partial charge is 0.496 e. The maximum atomic E-state index is 9.68. The maximum Gasteiger partial charge on any atom is 0.164 e. The SMILES string of the molecule is COc1cc(OC)c(-c2cc(-c3ccc(Br)cc3)nc(N)c2C#N)cc1OC. The topological polar surface area (TPSA) is 90.4 Å². The van der Waals surface area contributed by atoms with E-state index >= 15 is 0 Å². The Morgan fingerprint density at radius 1 is 0.893 bits per heavy atom. The number of nitriles is 1. The maximum absolute atomic E-state index is 9.68. The minimum atomic E-state index is 0.148. The molecule has 0 fully saturated rings. The van der Waals surface area contributed by atoms with Gasteiger partial charge in [-0.1, -0.05) is 28.1 Å². The first-order valence-corrected chi connectivity index (χ1v) is 9.08.